The molecular formula is C21H19F3N2O4. The number of nitrogens with two attached hydrogens (primary N) is 1. The second-order valence-electron chi connectivity index (χ2n) is 6.72. The predicted molar refractivity (Wildman–Crippen MR) is 105 cm³/mol. The second kappa shape index (κ2) is 7.83. The van der Waals surface area contributed by atoms with Gasteiger partial charge in [-0.3, -0.25) is 4.79 Å². The van der Waals surface area contributed by atoms with Gasteiger partial charge in [-0.15, -0.1) is 0 Å². The molecule has 0 saturated carbocycles. The number of carbonyl (C=O) groups excluding carboxylic acids is 1. The summed E-state index contributed by atoms with van der Waals surface area (Å²) in [4.78, 5) is 25.4. The lowest BCUT2D eigenvalue weighted by atomic mass is 10.00. The molecule has 0 amide bonds. The van der Waals surface area contributed by atoms with Crippen LogP contribution in [0, 0.1) is 31.3 Å². The molecule has 0 fully saturated rings. The quantitative estimate of drug-likeness (QED) is 0.499. The normalized spacial score (nSPS) is 11.2. The Bertz CT molecular complexity index is 1250. The average Bonchev–Trinajstić information content (AvgIpc) is 2.72. The Morgan fingerprint density at radius 2 is 1.80 bits per heavy atom. The van der Waals surface area contributed by atoms with Gasteiger partial charge in [-0.05, 0) is 32.9 Å². The number of carbonyl (C=O) groups is 1. The molecule has 0 aliphatic heterocycles. The lowest BCUT2D eigenvalue weighted by molar-refractivity contribution is 0.0524. The van der Waals surface area contributed by atoms with Crippen LogP contribution in [0.15, 0.2) is 23.1 Å². The Labute approximate surface area is 169 Å². The number of fused-ring (bicyclic) bond motifs is 1. The topological polar surface area (TPSA) is 94.6 Å². The molecule has 0 saturated heterocycles. The number of nitrogen functional groups attached to an aromatic ring is 1. The summed E-state index contributed by atoms with van der Waals surface area (Å²) in [5.74, 6) is -4.13. The van der Waals surface area contributed by atoms with Gasteiger partial charge < -0.3 is 20.1 Å². The van der Waals surface area contributed by atoms with E-state index in [2.05, 4.69) is 0 Å². The number of aliphatic hydroxyl groups is 1. The zero-order valence-corrected chi connectivity index (χ0v) is 16.5. The van der Waals surface area contributed by atoms with E-state index in [4.69, 9.17) is 10.5 Å². The number of aliphatic hydroxyl groups excluding tert-OH is 1. The molecule has 0 spiro atoms. The Morgan fingerprint density at radius 3 is 2.40 bits per heavy atom. The van der Waals surface area contributed by atoms with Crippen molar-refractivity contribution < 1.29 is 27.8 Å². The van der Waals surface area contributed by atoms with Crippen molar-refractivity contribution in [1.82, 2.24) is 4.57 Å². The highest BCUT2D eigenvalue weighted by atomic mass is 19.2. The summed E-state index contributed by atoms with van der Waals surface area (Å²) >= 11 is 0. The summed E-state index contributed by atoms with van der Waals surface area (Å²) < 4.78 is 49.0. The summed E-state index contributed by atoms with van der Waals surface area (Å²) in [5.41, 5.74) is 3.76. The Kier molecular flexibility index (Phi) is 5.58. The van der Waals surface area contributed by atoms with Crippen molar-refractivity contribution in [2.24, 2.45) is 0 Å². The highest BCUT2D eigenvalue weighted by molar-refractivity contribution is 5.96. The van der Waals surface area contributed by atoms with E-state index in [0.717, 1.165) is 12.3 Å². The van der Waals surface area contributed by atoms with Gasteiger partial charge in [0.15, 0.2) is 11.6 Å². The van der Waals surface area contributed by atoms with E-state index >= 15 is 0 Å². The highest BCUT2D eigenvalue weighted by Crippen LogP contribution is 2.31. The largest absolute Gasteiger partial charge is 0.462 e. The van der Waals surface area contributed by atoms with Gasteiger partial charge in [0.05, 0.1) is 35.5 Å². The van der Waals surface area contributed by atoms with Crippen molar-refractivity contribution >= 4 is 22.6 Å². The molecule has 158 valence electrons. The van der Waals surface area contributed by atoms with E-state index < -0.39 is 41.0 Å². The molecule has 0 atom stereocenters. The van der Waals surface area contributed by atoms with Crippen molar-refractivity contribution in [2.45, 2.75) is 27.4 Å². The van der Waals surface area contributed by atoms with Gasteiger partial charge >= 0.3 is 5.97 Å². The fraction of sp³-hybridized carbons (Fsp3) is 0.238. The minimum Gasteiger partial charge on any atom is -0.462 e. The SMILES string of the molecule is CCOC(=O)c1cn(-c2cc(N)c(F)cc2CO)c2c(C)c(F)c(F)c(C)c2c1=O. The molecule has 0 unspecified atom stereocenters. The molecular weight excluding hydrogens is 401 g/mol. The van der Waals surface area contributed by atoms with Crippen LogP contribution in [-0.2, 0) is 11.3 Å². The molecule has 0 aliphatic carbocycles. The highest BCUT2D eigenvalue weighted by Gasteiger charge is 2.25. The van der Waals surface area contributed by atoms with Crippen molar-refractivity contribution in [3.8, 4) is 5.69 Å². The predicted octanol–water partition coefficient (Wildman–Crippen LogP) is 3.28. The zero-order valence-electron chi connectivity index (χ0n) is 16.5. The second-order valence-corrected chi connectivity index (χ2v) is 6.72. The number of esters is 1. The molecule has 6 nitrogen and oxygen atoms in total. The molecule has 9 heteroatoms. The summed E-state index contributed by atoms with van der Waals surface area (Å²) in [7, 11) is 0. The molecule has 0 radical (unpaired) electrons. The summed E-state index contributed by atoms with van der Waals surface area (Å²) in [6.45, 7) is 3.40. The number of pyridine rings is 1. The van der Waals surface area contributed by atoms with Gasteiger partial charge in [-0.1, -0.05) is 0 Å². The number of aryl methyl sites for hydroxylation is 2. The number of rotatable bonds is 4. The van der Waals surface area contributed by atoms with E-state index in [9.17, 15) is 27.9 Å². The first-order valence-electron chi connectivity index (χ1n) is 9.03. The van der Waals surface area contributed by atoms with Gasteiger partial charge in [-0.2, -0.15) is 0 Å². The fourth-order valence-electron chi connectivity index (χ4n) is 3.39. The molecule has 3 N–H and O–H groups in total. The van der Waals surface area contributed by atoms with Crippen LogP contribution >= 0.6 is 0 Å². The van der Waals surface area contributed by atoms with Crippen LogP contribution in [0.4, 0.5) is 18.9 Å². The van der Waals surface area contributed by atoms with Gasteiger partial charge in [0, 0.05) is 22.9 Å². The van der Waals surface area contributed by atoms with Crippen LogP contribution in [0.3, 0.4) is 0 Å². The minimum atomic E-state index is -1.22. The third-order valence-corrected chi connectivity index (χ3v) is 4.91. The number of halogens is 3. The molecule has 1 heterocycles. The van der Waals surface area contributed by atoms with Crippen LogP contribution in [0.1, 0.15) is 34.0 Å². The van der Waals surface area contributed by atoms with Crippen molar-refractivity contribution in [1.29, 1.82) is 0 Å². The number of benzene rings is 2. The monoisotopic (exact) mass is 420 g/mol. The van der Waals surface area contributed by atoms with E-state index in [-0.39, 0.29) is 45.6 Å². The number of aromatic nitrogens is 1. The Morgan fingerprint density at radius 1 is 1.17 bits per heavy atom. The van der Waals surface area contributed by atoms with Crippen LogP contribution in [0.5, 0.6) is 0 Å². The maximum Gasteiger partial charge on any atom is 0.343 e. The van der Waals surface area contributed by atoms with E-state index in [1.807, 2.05) is 0 Å². The molecule has 0 aliphatic rings. The third kappa shape index (κ3) is 3.21. The average molecular weight is 420 g/mol. The Hall–Kier alpha value is -3.33. The molecule has 0 bridgehead atoms. The van der Waals surface area contributed by atoms with Crippen LogP contribution in [0.25, 0.3) is 16.6 Å². The fourth-order valence-corrected chi connectivity index (χ4v) is 3.39. The molecule has 1 aromatic heterocycles. The maximum absolute atomic E-state index is 14.5. The zero-order chi connectivity index (χ0) is 22.3. The van der Waals surface area contributed by atoms with Gasteiger partial charge in [-0.25, -0.2) is 18.0 Å². The molecule has 2 aromatic carbocycles. The van der Waals surface area contributed by atoms with Gasteiger partial charge in [0.25, 0.3) is 0 Å². The van der Waals surface area contributed by atoms with Crippen LogP contribution in [0.2, 0.25) is 0 Å². The third-order valence-electron chi connectivity index (χ3n) is 4.91. The van der Waals surface area contributed by atoms with E-state index in [1.165, 1.54) is 24.5 Å². The van der Waals surface area contributed by atoms with E-state index in [0.29, 0.717) is 0 Å². The van der Waals surface area contributed by atoms with Crippen molar-refractivity contribution in [2.75, 3.05) is 12.3 Å². The molecule has 3 rings (SSSR count). The standard InChI is InChI=1S/C21H19F3N2O4/c1-4-30-21(29)12-7-26(15-6-14(25)13(22)5-11(15)8-27)19-10(3)18(24)17(23)9(2)16(19)20(12)28/h5-7,27H,4,8,25H2,1-3H3. The first kappa shape index (κ1) is 21.4. The first-order valence-corrected chi connectivity index (χ1v) is 9.03. The summed E-state index contributed by atoms with van der Waals surface area (Å²) in [6, 6.07) is 2.16. The summed E-state index contributed by atoms with van der Waals surface area (Å²) in [5, 5.41) is 9.47. The Balaban J connectivity index is 2.60. The lowest BCUT2D eigenvalue weighted by Gasteiger charge is -2.20. The smallest absolute Gasteiger partial charge is 0.343 e. The van der Waals surface area contributed by atoms with Crippen molar-refractivity contribution in [3.63, 3.8) is 0 Å². The lowest BCUT2D eigenvalue weighted by Crippen LogP contribution is -2.23. The number of anilines is 1. The molecule has 30 heavy (non-hydrogen) atoms. The van der Waals surface area contributed by atoms with Crippen molar-refractivity contribution in [3.05, 3.63) is 68.3 Å². The van der Waals surface area contributed by atoms with Crippen LogP contribution < -0.4 is 11.2 Å². The maximum atomic E-state index is 14.5. The summed E-state index contributed by atoms with van der Waals surface area (Å²) in [6.07, 6.45) is 1.10. The first-order chi connectivity index (χ1) is 14.1. The van der Waals surface area contributed by atoms with Gasteiger partial charge in [0.2, 0.25) is 5.43 Å². The number of hydrogen-bond acceptors (Lipinski definition) is 5. The number of ether oxygens (including phenoxy) is 1. The van der Waals surface area contributed by atoms with E-state index in [1.54, 1.807) is 6.92 Å². The van der Waals surface area contributed by atoms with Crippen LogP contribution in [-0.4, -0.2) is 22.2 Å². The number of nitrogens with zero attached hydrogens (tertiary/aromatic N) is 1. The number of hydrogen-bond donors (Lipinski definition) is 2. The minimum absolute atomic E-state index is 0.0164. The van der Waals surface area contributed by atoms with Gasteiger partial charge in [0.1, 0.15) is 11.4 Å². The molecule has 3 aromatic rings.